The van der Waals surface area contributed by atoms with Gasteiger partial charge in [0.2, 0.25) is 0 Å². The van der Waals surface area contributed by atoms with Crippen molar-refractivity contribution in [2.45, 2.75) is 38.1 Å². The maximum atomic E-state index is 11.8. The lowest BCUT2D eigenvalue weighted by Gasteiger charge is -2.17. The third kappa shape index (κ3) is 3.09. The lowest BCUT2D eigenvalue weighted by molar-refractivity contribution is -0.142. The second-order valence-corrected chi connectivity index (χ2v) is 5.94. The van der Waals surface area contributed by atoms with Gasteiger partial charge in [-0.1, -0.05) is 25.7 Å². The molecule has 1 heterocycles. The summed E-state index contributed by atoms with van der Waals surface area (Å²) in [5, 5.41) is 13.2. The van der Waals surface area contributed by atoms with Gasteiger partial charge in [0.25, 0.3) is 5.56 Å². The molecular formula is C12H15IN2O3. The second kappa shape index (κ2) is 5.81. The minimum absolute atomic E-state index is 0.340. The van der Waals surface area contributed by atoms with Crippen molar-refractivity contribution in [3.05, 3.63) is 26.2 Å². The van der Waals surface area contributed by atoms with Crippen molar-refractivity contribution < 1.29 is 9.90 Å². The van der Waals surface area contributed by atoms with Crippen molar-refractivity contribution in [3.8, 4) is 0 Å². The van der Waals surface area contributed by atoms with E-state index in [0.717, 1.165) is 33.9 Å². The van der Waals surface area contributed by atoms with Gasteiger partial charge in [0.1, 0.15) is 0 Å². The molecule has 1 aromatic heterocycles. The molecule has 0 radical (unpaired) electrons. The van der Waals surface area contributed by atoms with Crippen LogP contribution in [0.2, 0.25) is 0 Å². The summed E-state index contributed by atoms with van der Waals surface area (Å²) in [7, 11) is 0. The van der Waals surface area contributed by atoms with Gasteiger partial charge in [-0.2, -0.15) is 5.10 Å². The number of carboxylic acid groups (broad SMARTS) is 1. The van der Waals surface area contributed by atoms with E-state index in [1.807, 2.05) is 22.6 Å². The van der Waals surface area contributed by atoms with Crippen LogP contribution < -0.4 is 5.56 Å². The quantitative estimate of drug-likeness (QED) is 0.833. The molecule has 0 aliphatic heterocycles. The third-order valence-electron chi connectivity index (χ3n) is 3.40. The molecule has 1 N–H and O–H groups in total. The van der Waals surface area contributed by atoms with E-state index < -0.39 is 12.0 Å². The van der Waals surface area contributed by atoms with Crippen molar-refractivity contribution in [1.82, 2.24) is 9.78 Å². The molecule has 0 aromatic carbocycles. The molecule has 1 unspecified atom stereocenters. The molecule has 1 fully saturated rings. The highest BCUT2D eigenvalue weighted by atomic mass is 127. The first kappa shape index (κ1) is 13.5. The second-order valence-electron chi connectivity index (χ2n) is 4.70. The van der Waals surface area contributed by atoms with Crippen LogP contribution in [-0.2, 0) is 4.79 Å². The fourth-order valence-electron chi connectivity index (χ4n) is 2.50. The van der Waals surface area contributed by atoms with Gasteiger partial charge in [0, 0.05) is 9.64 Å². The summed E-state index contributed by atoms with van der Waals surface area (Å²) in [5.41, 5.74) is -0.340. The highest BCUT2D eigenvalue weighted by molar-refractivity contribution is 14.1. The first-order chi connectivity index (χ1) is 8.58. The number of carbonyl (C=O) groups is 1. The minimum Gasteiger partial charge on any atom is -0.480 e. The van der Waals surface area contributed by atoms with E-state index in [1.54, 1.807) is 0 Å². The van der Waals surface area contributed by atoms with Gasteiger partial charge in [-0.3, -0.25) is 4.79 Å². The number of aromatic nitrogens is 2. The summed E-state index contributed by atoms with van der Waals surface area (Å²) in [6.45, 7) is 0. The predicted molar refractivity (Wildman–Crippen MR) is 74.5 cm³/mol. The lowest BCUT2D eigenvalue weighted by atomic mass is 9.98. The Bertz CT molecular complexity index is 494. The first-order valence-electron chi connectivity index (χ1n) is 6.05. The highest BCUT2D eigenvalue weighted by Gasteiger charge is 2.27. The zero-order valence-electron chi connectivity index (χ0n) is 9.88. The van der Waals surface area contributed by atoms with Crippen LogP contribution in [0.5, 0.6) is 0 Å². The van der Waals surface area contributed by atoms with Crippen molar-refractivity contribution in [2.75, 3.05) is 0 Å². The Labute approximate surface area is 118 Å². The summed E-state index contributed by atoms with van der Waals surface area (Å²) < 4.78 is 1.82. The van der Waals surface area contributed by atoms with E-state index in [-0.39, 0.29) is 5.56 Å². The Morgan fingerprint density at radius 3 is 2.78 bits per heavy atom. The Morgan fingerprint density at radius 2 is 2.22 bits per heavy atom. The third-order valence-corrected chi connectivity index (χ3v) is 3.99. The topological polar surface area (TPSA) is 72.2 Å². The summed E-state index contributed by atoms with van der Waals surface area (Å²) in [5.74, 6) is -0.572. The van der Waals surface area contributed by atoms with Crippen molar-refractivity contribution >= 4 is 28.6 Å². The van der Waals surface area contributed by atoms with E-state index in [1.165, 1.54) is 12.3 Å². The number of hydrogen-bond donors (Lipinski definition) is 1. The van der Waals surface area contributed by atoms with Crippen LogP contribution in [0.15, 0.2) is 17.1 Å². The predicted octanol–water partition coefficient (Wildman–Crippen LogP) is 2.05. The molecule has 6 heteroatoms. The van der Waals surface area contributed by atoms with E-state index in [9.17, 15) is 14.7 Å². The SMILES string of the molecule is O=C(O)C(CC1CCCC1)n1ncc(I)cc1=O. The van der Waals surface area contributed by atoms with E-state index in [0.29, 0.717) is 12.3 Å². The minimum atomic E-state index is -0.974. The van der Waals surface area contributed by atoms with Crippen LogP contribution in [0.1, 0.15) is 38.1 Å². The number of halogens is 1. The van der Waals surface area contributed by atoms with E-state index in [2.05, 4.69) is 5.10 Å². The van der Waals surface area contributed by atoms with Crippen LogP contribution in [-0.4, -0.2) is 20.9 Å². The Kier molecular flexibility index (Phi) is 4.36. The molecule has 18 heavy (non-hydrogen) atoms. The van der Waals surface area contributed by atoms with Crippen LogP contribution in [0.25, 0.3) is 0 Å². The fourth-order valence-corrected chi connectivity index (χ4v) is 2.89. The molecule has 0 amide bonds. The van der Waals surface area contributed by atoms with Gasteiger partial charge in [0.05, 0.1) is 6.20 Å². The van der Waals surface area contributed by atoms with E-state index >= 15 is 0 Å². The fraction of sp³-hybridized carbons (Fsp3) is 0.583. The monoisotopic (exact) mass is 362 g/mol. The summed E-state index contributed by atoms with van der Waals surface area (Å²) in [4.78, 5) is 23.1. The van der Waals surface area contributed by atoms with Crippen LogP contribution in [0, 0.1) is 9.49 Å². The Hall–Kier alpha value is -0.920. The number of nitrogens with zero attached hydrogens (tertiary/aromatic N) is 2. The van der Waals surface area contributed by atoms with Gasteiger partial charge < -0.3 is 5.11 Å². The average Bonchev–Trinajstić information content (AvgIpc) is 2.79. The molecule has 1 aliphatic carbocycles. The molecular weight excluding hydrogens is 347 g/mol. The van der Waals surface area contributed by atoms with Gasteiger partial charge >= 0.3 is 5.97 Å². The van der Waals surface area contributed by atoms with E-state index in [4.69, 9.17) is 0 Å². The number of carboxylic acids is 1. The average molecular weight is 362 g/mol. The van der Waals surface area contributed by atoms with Crippen LogP contribution in [0.4, 0.5) is 0 Å². The highest BCUT2D eigenvalue weighted by Crippen LogP contribution is 2.31. The standard InChI is InChI=1S/C12H15IN2O3/c13-9-6-11(16)15(14-7-9)10(12(17)18)5-8-3-1-2-4-8/h6-8,10H,1-5H2,(H,17,18). The van der Waals surface area contributed by atoms with Gasteiger partial charge in [-0.15, -0.1) is 0 Å². The first-order valence-corrected chi connectivity index (χ1v) is 7.13. The zero-order valence-corrected chi connectivity index (χ0v) is 12.0. The van der Waals surface area contributed by atoms with Crippen molar-refractivity contribution in [2.24, 2.45) is 5.92 Å². The molecule has 0 spiro atoms. The smallest absolute Gasteiger partial charge is 0.328 e. The maximum absolute atomic E-state index is 11.8. The Morgan fingerprint density at radius 1 is 1.56 bits per heavy atom. The summed E-state index contributed by atoms with van der Waals surface area (Å²) in [6, 6.07) is 0.579. The lowest BCUT2D eigenvalue weighted by Crippen LogP contribution is -2.32. The number of rotatable bonds is 4. The maximum Gasteiger partial charge on any atom is 0.328 e. The van der Waals surface area contributed by atoms with Crippen LogP contribution in [0.3, 0.4) is 0 Å². The molecule has 5 nitrogen and oxygen atoms in total. The van der Waals surface area contributed by atoms with Crippen molar-refractivity contribution in [3.63, 3.8) is 0 Å². The molecule has 0 saturated heterocycles. The molecule has 1 atom stereocenters. The number of aliphatic carboxylic acids is 1. The summed E-state index contributed by atoms with van der Waals surface area (Å²) >= 11 is 1.99. The Balaban J connectivity index is 2.23. The molecule has 98 valence electrons. The molecule has 0 bridgehead atoms. The molecule has 2 rings (SSSR count). The van der Waals surface area contributed by atoms with Crippen molar-refractivity contribution in [1.29, 1.82) is 0 Å². The van der Waals surface area contributed by atoms with Gasteiger partial charge in [-0.05, 0) is 34.9 Å². The zero-order chi connectivity index (χ0) is 13.1. The normalized spacial score (nSPS) is 17.8. The van der Waals surface area contributed by atoms with Gasteiger partial charge in [0.15, 0.2) is 6.04 Å². The number of hydrogen-bond acceptors (Lipinski definition) is 3. The summed E-state index contributed by atoms with van der Waals surface area (Å²) in [6.07, 6.45) is 6.46. The van der Waals surface area contributed by atoms with Gasteiger partial charge in [-0.25, -0.2) is 9.48 Å². The molecule has 1 saturated carbocycles. The van der Waals surface area contributed by atoms with Crippen LogP contribution >= 0.6 is 22.6 Å². The largest absolute Gasteiger partial charge is 0.480 e. The molecule has 1 aliphatic rings. The molecule has 1 aromatic rings.